The number of hydrogen-bond acceptors (Lipinski definition) is 4. The Morgan fingerprint density at radius 3 is 1.95 bits per heavy atom. The second-order valence-corrected chi connectivity index (χ2v) is 4.84. The van der Waals surface area contributed by atoms with Gasteiger partial charge >= 0.3 is 0 Å². The molecular weight excluding hydrogens is 280 g/mol. The number of benzene rings is 2. The highest BCUT2D eigenvalue weighted by atomic mass is 16.5. The first-order valence-electron chi connectivity index (χ1n) is 6.78. The third-order valence-electron chi connectivity index (χ3n) is 3.66. The number of allylic oxidation sites excluding steroid dienone is 1. The maximum atomic E-state index is 12.3. The Morgan fingerprint density at radius 1 is 0.727 bits per heavy atom. The van der Waals surface area contributed by atoms with Crippen LogP contribution in [0.15, 0.2) is 54.3 Å². The maximum absolute atomic E-state index is 12.3. The molecule has 4 nitrogen and oxygen atoms in total. The molecular formula is C18H14O4. The number of methoxy groups -OCH3 is 2. The molecule has 22 heavy (non-hydrogen) atoms. The highest BCUT2D eigenvalue weighted by Gasteiger charge is 2.34. The van der Waals surface area contributed by atoms with Gasteiger partial charge in [0, 0.05) is 11.1 Å². The molecule has 0 unspecified atom stereocenters. The third-order valence-corrected chi connectivity index (χ3v) is 3.66. The summed E-state index contributed by atoms with van der Waals surface area (Å²) in [6.07, 6.45) is 0. The minimum atomic E-state index is -0.619. The van der Waals surface area contributed by atoms with E-state index < -0.39 is 11.6 Å². The van der Waals surface area contributed by atoms with Gasteiger partial charge in [-0.25, -0.2) is 0 Å². The Balaban J connectivity index is 2.26. The van der Waals surface area contributed by atoms with Crippen molar-refractivity contribution in [1.29, 1.82) is 0 Å². The van der Waals surface area contributed by atoms with E-state index in [0.29, 0.717) is 16.7 Å². The Hall–Kier alpha value is -2.88. The number of ketones is 2. The van der Waals surface area contributed by atoms with Gasteiger partial charge in [0.2, 0.25) is 5.78 Å². The summed E-state index contributed by atoms with van der Waals surface area (Å²) >= 11 is 0. The number of ether oxygens (including phenoxy) is 2. The maximum Gasteiger partial charge on any atom is 0.268 e. The monoisotopic (exact) mass is 294 g/mol. The summed E-state index contributed by atoms with van der Waals surface area (Å²) in [6.45, 7) is 0. The Bertz CT molecular complexity index is 785. The van der Waals surface area contributed by atoms with E-state index in [1.807, 2.05) is 24.3 Å². The minimum absolute atomic E-state index is 0.0777. The number of carbonyl (C=O) groups excluding carboxylic acids is 2. The van der Waals surface area contributed by atoms with Crippen LogP contribution in [0.2, 0.25) is 0 Å². The van der Waals surface area contributed by atoms with Crippen molar-refractivity contribution in [1.82, 2.24) is 0 Å². The van der Waals surface area contributed by atoms with Gasteiger partial charge in [-0.15, -0.1) is 0 Å². The fourth-order valence-corrected chi connectivity index (χ4v) is 2.60. The van der Waals surface area contributed by atoms with Gasteiger partial charge < -0.3 is 9.47 Å². The molecule has 2 aromatic rings. The average molecular weight is 294 g/mol. The largest absolute Gasteiger partial charge is 0.497 e. The minimum Gasteiger partial charge on any atom is -0.497 e. The molecule has 0 heterocycles. The first-order chi connectivity index (χ1) is 10.7. The molecule has 110 valence electrons. The highest BCUT2D eigenvalue weighted by molar-refractivity contribution is 6.52. The zero-order chi connectivity index (χ0) is 15.7. The lowest BCUT2D eigenvalue weighted by Gasteiger charge is -2.21. The zero-order valence-corrected chi connectivity index (χ0v) is 12.3. The van der Waals surface area contributed by atoms with Crippen molar-refractivity contribution < 1.29 is 19.1 Å². The number of hydrogen-bond donors (Lipinski definition) is 0. The lowest BCUT2D eigenvalue weighted by Crippen LogP contribution is -2.25. The summed E-state index contributed by atoms with van der Waals surface area (Å²) < 4.78 is 10.4. The van der Waals surface area contributed by atoms with Crippen LogP contribution in [-0.2, 0) is 9.53 Å². The van der Waals surface area contributed by atoms with E-state index in [1.165, 1.54) is 7.11 Å². The molecule has 0 radical (unpaired) electrons. The molecule has 0 saturated heterocycles. The van der Waals surface area contributed by atoms with Gasteiger partial charge in [-0.3, -0.25) is 9.59 Å². The molecule has 0 aromatic heterocycles. The molecule has 0 spiro atoms. The van der Waals surface area contributed by atoms with E-state index in [1.54, 1.807) is 31.4 Å². The molecule has 0 fully saturated rings. The molecule has 0 amide bonds. The lowest BCUT2D eigenvalue weighted by molar-refractivity contribution is -0.114. The molecule has 0 aliphatic heterocycles. The van der Waals surface area contributed by atoms with Crippen molar-refractivity contribution >= 4 is 17.1 Å². The molecule has 1 aliphatic carbocycles. The summed E-state index contributed by atoms with van der Waals surface area (Å²) in [5.41, 5.74) is 2.53. The van der Waals surface area contributed by atoms with Gasteiger partial charge in [0.25, 0.3) is 5.78 Å². The molecule has 3 rings (SSSR count). The van der Waals surface area contributed by atoms with Crippen LogP contribution in [0.3, 0.4) is 0 Å². The number of carbonyl (C=O) groups is 2. The van der Waals surface area contributed by atoms with Crippen molar-refractivity contribution in [2.45, 2.75) is 0 Å². The van der Waals surface area contributed by atoms with E-state index in [2.05, 4.69) is 0 Å². The average Bonchev–Trinajstić information content (AvgIpc) is 2.58. The van der Waals surface area contributed by atoms with Gasteiger partial charge in [-0.05, 0) is 23.3 Å². The molecule has 0 atom stereocenters. The van der Waals surface area contributed by atoms with Crippen molar-refractivity contribution in [3.63, 3.8) is 0 Å². The van der Waals surface area contributed by atoms with E-state index in [0.717, 1.165) is 11.3 Å². The van der Waals surface area contributed by atoms with Crippen molar-refractivity contribution in [3.05, 3.63) is 71.0 Å². The smallest absolute Gasteiger partial charge is 0.268 e. The first-order valence-corrected chi connectivity index (χ1v) is 6.78. The number of rotatable bonds is 3. The second kappa shape index (κ2) is 5.48. The standard InChI is InChI=1S/C18H14O4/c1-21-12-9-7-11(8-10-12)15-13-5-3-4-6-14(13)16(19)17(20)18(15)22-2/h3-10H,1-2H3. The van der Waals surface area contributed by atoms with Gasteiger partial charge in [-0.2, -0.15) is 0 Å². The second-order valence-electron chi connectivity index (χ2n) is 4.84. The predicted octanol–water partition coefficient (Wildman–Crippen LogP) is 2.87. The summed E-state index contributed by atoms with van der Waals surface area (Å²) in [5, 5.41) is 0. The highest BCUT2D eigenvalue weighted by Crippen LogP contribution is 2.35. The van der Waals surface area contributed by atoms with Crippen LogP contribution in [0.4, 0.5) is 0 Å². The van der Waals surface area contributed by atoms with Crippen LogP contribution in [0.1, 0.15) is 21.5 Å². The summed E-state index contributed by atoms with van der Waals surface area (Å²) in [7, 11) is 2.99. The normalized spacial score (nSPS) is 13.9. The summed E-state index contributed by atoms with van der Waals surface area (Å²) in [4.78, 5) is 24.4. The van der Waals surface area contributed by atoms with Crippen LogP contribution in [0.5, 0.6) is 5.75 Å². The zero-order valence-electron chi connectivity index (χ0n) is 12.3. The van der Waals surface area contributed by atoms with Gasteiger partial charge in [0.05, 0.1) is 14.2 Å². The van der Waals surface area contributed by atoms with E-state index in [4.69, 9.17) is 9.47 Å². The third kappa shape index (κ3) is 2.09. The molecule has 0 bridgehead atoms. The fourth-order valence-electron chi connectivity index (χ4n) is 2.60. The Kier molecular flexibility index (Phi) is 3.51. The van der Waals surface area contributed by atoms with Crippen LogP contribution in [0.25, 0.3) is 5.57 Å². The SMILES string of the molecule is COC1=C(c2ccc(OC)cc2)c2ccccc2C(=O)C1=O. The van der Waals surface area contributed by atoms with E-state index >= 15 is 0 Å². The number of fused-ring (bicyclic) bond motifs is 1. The summed E-state index contributed by atoms with van der Waals surface area (Å²) in [6, 6.07) is 14.3. The Labute approximate surface area is 128 Å². The Morgan fingerprint density at radius 2 is 1.36 bits per heavy atom. The predicted molar refractivity (Wildman–Crippen MR) is 81.8 cm³/mol. The number of Topliss-reactive ketones (excluding diaryl/α,β-unsaturated/α-hetero) is 2. The van der Waals surface area contributed by atoms with Crippen molar-refractivity contribution in [2.24, 2.45) is 0 Å². The van der Waals surface area contributed by atoms with E-state index in [9.17, 15) is 9.59 Å². The summed E-state index contributed by atoms with van der Waals surface area (Å²) in [5.74, 6) is -0.361. The van der Waals surface area contributed by atoms with Crippen LogP contribution in [-0.4, -0.2) is 25.8 Å². The quantitative estimate of drug-likeness (QED) is 0.817. The molecule has 2 aromatic carbocycles. The molecule has 0 N–H and O–H groups in total. The topological polar surface area (TPSA) is 52.6 Å². The van der Waals surface area contributed by atoms with Crippen LogP contribution < -0.4 is 4.74 Å². The van der Waals surface area contributed by atoms with Crippen LogP contribution >= 0.6 is 0 Å². The fraction of sp³-hybridized carbons (Fsp3) is 0.111. The first kappa shape index (κ1) is 14.1. The van der Waals surface area contributed by atoms with Crippen LogP contribution in [0, 0.1) is 0 Å². The van der Waals surface area contributed by atoms with Crippen molar-refractivity contribution in [2.75, 3.05) is 14.2 Å². The van der Waals surface area contributed by atoms with E-state index in [-0.39, 0.29) is 5.76 Å². The lowest BCUT2D eigenvalue weighted by atomic mass is 9.84. The molecule has 0 saturated carbocycles. The van der Waals surface area contributed by atoms with Gasteiger partial charge in [0.1, 0.15) is 5.75 Å². The van der Waals surface area contributed by atoms with Crippen molar-refractivity contribution in [3.8, 4) is 5.75 Å². The molecule has 4 heteroatoms. The van der Waals surface area contributed by atoms with Gasteiger partial charge in [0.15, 0.2) is 5.76 Å². The molecule has 1 aliphatic rings. The van der Waals surface area contributed by atoms with Gasteiger partial charge in [-0.1, -0.05) is 36.4 Å².